The Hall–Kier alpha value is -2.04. The van der Waals surface area contributed by atoms with Crippen molar-refractivity contribution in [3.05, 3.63) is 40.1 Å². The van der Waals surface area contributed by atoms with E-state index < -0.39 is 4.92 Å². The molecule has 0 saturated carbocycles. The van der Waals surface area contributed by atoms with Crippen LogP contribution in [0, 0.1) is 10.1 Å². The van der Waals surface area contributed by atoms with E-state index in [4.69, 9.17) is 5.11 Å². The minimum absolute atomic E-state index is 0.205. The van der Waals surface area contributed by atoms with E-state index in [9.17, 15) is 15.2 Å². The van der Waals surface area contributed by atoms with Crippen LogP contribution in [0.15, 0.2) is 24.4 Å². The van der Waals surface area contributed by atoms with Crippen LogP contribution in [0.4, 0.5) is 0 Å². The summed E-state index contributed by atoms with van der Waals surface area (Å²) in [5.41, 5.74) is 0.205. The third-order valence-electron chi connectivity index (χ3n) is 1.42. The molecule has 0 aliphatic heterocycles. The van der Waals surface area contributed by atoms with Gasteiger partial charge in [0.2, 0.25) is 6.20 Å². The highest BCUT2D eigenvalue weighted by atomic mass is 16.6. The summed E-state index contributed by atoms with van der Waals surface area (Å²) in [6.07, 6.45) is 1.80. The SMILES string of the molecule is O=[N+]([O-])C=Cc1cccc(O)c1O. The molecule has 1 aromatic rings. The molecule has 0 radical (unpaired) electrons. The van der Waals surface area contributed by atoms with Crippen molar-refractivity contribution in [3.8, 4) is 11.5 Å². The molecule has 0 aromatic heterocycles. The van der Waals surface area contributed by atoms with Crippen molar-refractivity contribution in [3.63, 3.8) is 0 Å². The lowest BCUT2D eigenvalue weighted by Gasteiger charge is -1.98. The maximum absolute atomic E-state index is 9.94. The van der Waals surface area contributed by atoms with Gasteiger partial charge in [-0.2, -0.15) is 0 Å². The molecule has 1 rings (SSSR count). The summed E-state index contributed by atoms with van der Waals surface area (Å²) in [7, 11) is 0. The number of rotatable bonds is 2. The van der Waals surface area contributed by atoms with Crippen molar-refractivity contribution < 1.29 is 15.1 Å². The van der Waals surface area contributed by atoms with E-state index in [0.717, 1.165) is 6.08 Å². The summed E-state index contributed by atoms with van der Waals surface area (Å²) in [5.74, 6) is -0.661. The van der Waals surface area contributed by atoms with Gasteiger partial charge in [0.05, 0.1) is 4.92 Å². The maximum Gasteiger partial charge on any atom is 0.235 e. The van der Waals surface area contributed by atoms with Crippen LogP contribution >= 0.6 is 0 Å². The molecule has 0 heterocycles. The van der Waals surface area contributed by atoms with Gasteiger partial charge >= 0.3 is 0 Å². The van der Waals surface area contributed by atoms with Crippen molar-refractivity contribution in [2.75, 3.05) is 0 Å². The highest BCUT2D eigenvalue weighted by Gasteiger charge is 2.02. The fourth-order valence-corrected chi connectivity index (χ4v) is 0.824. The van der Waals surface area contributed by atoms with E-state index in [1.807, 2.05) is 0 Å². The summed E-state index contributed by atoms with van der Waals surface area (Å²) in [5, 5.41) is 28.1. The van der Waals surface area contributed by atoms with Gasteiger partial charge in [-0.15, -0.1) is 0 Å². The molecule has 0 saturated heterocycles. The Balaban J connectivity index is 3.02. The molecule has 68 valence electrons. The van der Waals surface area contributed by atoms with Crippen LogP contribution in [0.25, 0.3) is 6.08 Å². The van der Waals surface area contributed by atoms with E-state index in [1.165, 1.54) is 18.2 Å². The number of hydrogen-bond acceptors (Lipinski definition) is 4. The minimum Gasteiger partial charge on any atom is -0.504 e. The molecule has 1 aromatic carbocycles. The number of aromatic hydroxyl groups is 2. The van der Waals surface area contributed by atoms with Gasteiger partial charge in [-0.05, 0) is 6.07 Å². The third kappa shape index (κ3) is 2.19. The Morgan fingerprint density at radius 2 is 2.08 bits per heavy atom. The Kier molecular flexibility index (Phi) is 2.49. The first-order valence-corrected chi connectivity index (χ1v) is 3.44. The Bertz CT molecular complexity index is 359. The lowest BCUT2D eigenvalue weighted by Crippen LogP contribution is -1.82. The average Bonchev–Trinajstić information content (AvgIpc) is 2.07. The third-order valence-corrected chi connectivity index (χ3v) is 1.42. The van der Waals surface area contributed by atoms with Crippen LogP contribution in [0.3, 0.4) is 0 Å². The van der Waals surface area contributed by atoms with Crippen LogP contribution in [0.2, 0.25) is 0 Å². The largest absolute Gasteiger partial charge is 0.504 e. The molecule has 0 amide bonds. The molecule has 0 bridgehead atoms. The second-order valence-electron chi connectivity index (χ2n) is 2.32. The number of hydrogen-bond donors (Lipinski definition) is 2. The van der Waals surface area contributed by atoms with E-state index in [-0.39, 0.29) is 17.1 Å². The van der Waals surface area contributed by atoms with Gasteiger partial charge in [0.1, 0.15) is 0 Å². The first-order chi connectivity index (χ1) is 6.11. The number of benzene rings is 1. The number of phenols is 2. The van der Waals surface area contributed by atoms with Crippen LogP contribution in [0.5, 0.6) is 11.5 Å². The van der Waals surface area contributed by atoms with Gasteiger partial charge in [0, 0.05) is 11.6 Å². The zero-order valence-corrected chi connectivity index (χ0v) is 6.54. The Labute approximate surface area is 73.7 Å². The lowest BCUT2D eigenvalue weighted by molar-refractivity contribution is -0.400. The van der Waals surface area contributed by atoms with Gasteiger partial charge in [0.25, 0.3) is 0 Å². The normalized spacial score (nSPS) is 10.5. The molecule has 13 heavy (non-hydrogen) atoms. The van der Waals surface area contributed by atoms with Crippen LogP contribution in [-0.2, 0) is 0 Å². The first kappa shape index (κ1) is 9.05. The summed E-state index contributed by atoms with van der Waals surface area (Å²) >= 11 is 0. The topological polar surface area (TPSA) is 83.6 Å². The van der Waals surface area contributed by atoms with Crippen molar-refractivity contribution in [2.45, 2.75) is 0 Å². The van der Waals surface area contributed by atoms with Crippen LogP contribution in [0.1, 0.15) is 5.56 Å². The standard InChI is InChI=1S/C8H7NO4/c10-7-3-1-2-6(8(7)11)4-5-9(12)13/h1-5,10-11H. The van der Waals surface area contributed by atoms with Gasteiger partial charge in [0.15, 0.2) is 11.5 Å². The lowest BCUT2D eigenvalue weighted by atomic mass is 10.2. The summed E-state index contributed by atoms with van der Waals surface area (Å²) in [6.45, 7) is 0. The number of para-hydroxylation sites is 1. The van der Waals surface area contributed by atoms with Crippen LogP contribution in [-0.4, -0.2) is 15.1 Å². The number of nitrogens with zero attached hydrogens (tertiary/aromatic N) is 1. The molecule has 0 aliphatic rings. The molecule has 0 fully saturated rings. The van der Waals surface area contributed by atoms with E-state index in [0.29, 0.717) is 6.20 Å². The Morgan fingerprint density at radius 1 is 1.38 bits per heavy atom. The number of phenolic OH excluding ortho intramolecular Hbond substituents is 2. The van der Waals surface area contributed by atoms with E-state index in [1.54, 1.807) is 0 Å². The summed E-state index contributed by atoms with van der Waals surface area (Å²) in [4.78, 5) is 9.29. The van der Waals surface area contributed by atoms with Gasteiger partial charge in [-0.1, -0.05) is 12.1 Å². The maximum atomic E-state index is 9.94. The number of nitro groups is 1. The minimum atomic E-state index is -0.649. The fourth-order valence-electron chi connectivity index (χ4n) is 0.824. The molecule has 0 spiro atoms. The predicted octanol–water partition coefficient (Wildman–Crippen LogP) is 1.35. The predicted molar refractivity (Wildman–Crippen MR) is 45.8 cm³/mol. The molecule has 5 heteroatoms. The van der Waals surface area contributed by atoms with Gasteiger partial charge in [-0.3, -0.25) is 10.1 Å². The fraction of sp³-hybridized carbons (Fsp3) is 0. The van der Waals surface area contributed by atoms with Gasteiger partial charge in [-0.25, -0.2) is 0 Å². The average molecular weight is 181 g/mol. The summed E-state index contributed by atoms with van der Waals surface area (Å²) in [6, 6.07) is 4.22. The smallest absolute Gasteiger partial charge is 0.235 e. The molecule has 0 unspecified atom stereocenters. The molecular formula is C8H7NO4. The van der Waals surface area contributed by atoms with Crippen LogP contribution < -0.4 is 0 Å². The molecule has 5 nitrogen and oxygen atoms in total. The quantitative estimate of drug-likeness (QED) is 0.409. The molecule has 0 aliphatic carbocycles. The first-order valence-electron chi connectivity index (χ1n) is 3.44. The Morgan fingerprint density at radius 3 is 2.69 bits per heavy atom. The van der Waals surface area contributed by atoms with Crippen molar-refractivity contribution >= 4 is 6.08 Å². The van der Waals surface area contributed by atoms with Crippen molar-refractivity contribution in [1.82, 2.24) is 0 Å². The molecule has 2 N–H and O–H groups in total. The zero-order valence-electron chi connectivity index (χ0n) is 6.54. The molecular weight excluding hydrogens is 174 g/mol. The van der Waals surface area contributed by atoms with E-state index in [2.05, 4.69) is 0 Å². The summed E-state index contributed by atoms with van der Waals surface area (Å²) < 4.78 is 0. The van der Waals surface area contributed by atoms with E-state index >= 15 is 0 Å². The molecule has 0 atom stereocenters. The van der Waals surface area contributed by atoms with Crippen molar-refractivity contribution in [1.29, 1.82) is 0 Å². The second kappa shape index (κ2) is 3.57. The monoisotopic (exact) mass is 181 g/mol. The second-order valence-corrected chi connectivity index (χ2v) is 2.32. The zero-order chi connectivity index (χ0) is 9.84. The highest BCUT2D eigenvalue weighted by Crippen LogP contribution is 2.28. The van der Waals surface area contributed by atoms with Gasteiger partial charge < -0.3 is 10.2 Å². The highest BCUT2D eigenvalue weighted by molar-refractivity contribution is 5.60. The van der Waals surface area contributed by atoms with Crippen molar-refractivity contribution in [2.24, 2.45) is 0 Å².